The van der Waals surface area contributed by atoms with Crippen LogP contribution in [0.1, 0.15) is 62.4 Å². The van der Waals surface area contributed by atoms with Crippen molar-refractivity contribution >= 4 is 11.6 Å². The van der Waals surface area contributed by atoms with Crippen molar-refractivity contribution in [3.8, 4) is 11.5 Å². The van der Waals surface area contributed by atoms with Crippen molar-refractivity contribution in [2.24, 2.45) is 5.92 Å². The maximum absolute atomic E-state index is 12.8. The number of amides is 1. The number of carbonyl (C=O) groups is 1. The molecule has 1 aliphatic rings. The summed E-state index contributed by atoms with van der Waals surface area (Å²) in [6.07, 6.45) is 4.61. The standard InChI is InChI=1S/C26H36N2O3/c1-4-6-17-31-24-12-9-22(18-25(24)30-5-2)26(29)27-23-10-7-21(8-11-23)19-28-15-13-20(3)14-16-28/h7-12,18,20H,4-6,13-17,19H2,1-3H3,(H,27,29). The van der Waals surface area contributed by atoms with E-state index in [1.54, 1.807) is 12.1 Å². The van der Waals surface area contributed by atoms with Crippen LogP contribution in [0.2, 0.25) is 0 Å². The van der Waals surface area contributed by atoms with Gasteiger partial charge in [-0.05, 0) is 81.1 Å². The minimum atomic E-state index is -0.154. The predicted octanol–water partition coefficient (Wildman–Crippen LogP) is 5.75. The summed E-state index contributed by atoms with van der Waals surface area (Å²) >= 11 is 0. The number of ether oxygens (including phenoxy) is 2. The van der Waals surface area contributed by atoms with Crippen LogP contribution >= 0.6 is 0 Å². The summed E-state index contributed by atoms with van der Waals surface area (Å²) in [5.41, 5.74) is 2.62. The quantitative estimate of drug-likeness (QED) is 0.494. The Morgan fingerprint density at radius 1 is 1.03 bits per heavy atom. The van der Waals surface area contributed by atoms with Gasteiger partial charge >= 0.3 is 0 Å². The lowest BCUT2D eigenvalue weighted by Gasteiger charge is -2.30. The van der Waals surface area contributed by atoms with Crippen LogP contribution in [0.5, 0.6) is 11.5 Å². The second-order valence-electron chi connectivity index (χ2n) is 8.41. The molecule has 0 aromatic heterocycles. The third-order valence-corrected chi connectivity index (χ3v) is 5.76. The first kappa shape index (κ1) is 23.1. The van der Waals surface area contributed by atoms with E-state index in [2.05, 4.69) is 36.2 Å². The molecule has 2 aromatic rings. The van der Waals surface area contributed by atoms with Crippen LogP contribution in [0.25, 0.3) is 0 Å². The van der Waals surface area contributed by atoms with Crippen LogP contribution in [0.3, 0.4) is 0 Å². The molecule has 31 heavy (non-hydrogen) atoms. The number of benzene rings is 2. The molecule has 0 aliphatic carbocycles. The van der Waals surface area contributed by atoms with Crippen LogP contribution in [0.4, 0.5) is 5.69 Å². The van der Waals surface area contributed by atoms with Gasteiger partial charge in [0.05, 0.1) is 13.2 Å². The molecule has 0 atom stereocenters. The first-order valence-electron chi connectivity index (χ1n) is 11.6. The summed E-state index contributed by atoms with van der Waals surface area (Å²) in [4.78, 5) is 15.3. The summed E-state index contributed by atoms with van der Waals surface area (Å²) in [5, 5.41) is 2.99. The van der Waals surface area contributed by atoms with Gasteiger partial charge in [-0.25, -0.2) is 0 Å². The normalized spacial score (nSPS) is 14.9. The summed E-state index contributed by atoms with van der Waals surface area (Å²) < 4.78 is 11.5. The van der Waals surface area contributed by atoms with E-state index in [9.17, 15) is 4.79 Å². The van der Waals surface area contributed by atoms with Gasteiger partial charge in [-0.2, -0.15) is 0 Å². The summed E-state index contributed by atoms with van der Waals surface area (Å²) in [7, 11) is 0. The summed E-state index contributed by atoms with van der Waals surface area (Å²) in [5.74, 6) is 1.98. The van der Waals surface area contributed by atoms with Crippen LogP contribution in [0.15, 0.2) is 42.5 Å². The maximum Gasteiger partial charge on any atom is 0.255 e. The highest BCUT2D eigenvalue weighted by Crippen LogP contribution is 2.29. The average Bonchev–Trinajstić information content (AvgIpc) is 2.78. The van der Waals surface area contributed by atoms with Gasteiger partial charge in [0.15, 0.2) is 11.5 Å². The predicted molar refractivity (Wildman–Crippen MR) is 126 cm³/mol. The Morgan fingerprint density at radius 3 is 2.45 bits per heavy atom. The van der Waals surface area contributed by atoms with Crippen molar-refractivity contribution in [2.45, 2.75) is 53.0 Å². The van der Waals surface area contributed by atoms with Crippen molar-refractivity contribution in [1.82, 2.24) is 4.90 Å². The number of rotatable bonds is 10. The van der Waals surface area contributed by atoms with Crippen LogP contribution in [0, 0.1) is 5.92 Å². The number of nitrogens with one attached hydrogen (secondary N) is 1. The van der Waals surface area contributed by atoms with Gasteiger partial charge in [-0.15, -0.1) is 0 Å². The van der Waals surface area contributed by atoms with Crippen LogP contribution in [-0.2, 0) is 6.54 Å². The van der Waals surface area contributed by atoms with Crippen molar-refractivity contribution < 1.29 is 14.3 Å². The molecule has 1 amide bonds. The molecule has 5 heteroatoms. The van der Waals surface area contributed by atoms with Gasteiger partial charge in [0.2, 0.25) is 0 Å². The summed E-state index contributed by atoms with van der Waals surface area (Å²) in [6.45, 7) is 10.9. The first-order chi connectivity index (χ1) is 15.1. The van der Waals surface area contributed by atoms with E-state index >= 15 is 0 Å². The van der Waals surface area contributed by atoms with Crippen molar-refractivity contribution in [3.05, 3.63) is 53.6 Å². The van der Waals surface area contributed by atoms with Gasteiger partial charge in [-0.1, -0.05) is 32.4 Å². The molecule has 1 heterocycles. The Bertz CT molecular complexity index is 827. The molecule has 5 nitrogen and oxygen atoms in total. The third kappa shape index (κ3) is 7.00. The van der Waals surface area contributed by atoms with Crippen molar-refractivity contribution in [2.75, 3.05) is 31.6 Å². The molecule has 168 valence electrons. The second-order valence-corrected chi connectivity index (χ2v) is 8.41. The van der Waals surface area contributed by atoms with E-state index < -0.39 is 0 Å². The van der Waals surface area contributed by atoms with Crippen molar-refractivity contribution in [1.29, 1.82) is 0 Å². The molecule has 3 rings (SSSR count). The molecule has 1 N–H and O–H groups in total. The second kappa shape index (κ2) is 11.8. The van der Waals surface area contributed by atoms with E-state index in [0.29, 0.717) is 30.3 Å². The lowest BCUT2D eigenvalue weighted by atomic mass is 9.99. The van der Waals surface area contributed by atoms with E-state index in [4.69, 9.17) is 9.47 Å². The Balaban J connectivity index is 1.59. The largest absolute Gasteiger partial charge is 0.490 e. The minimum Gasteiger partial charge on any atom is -0.490 e. The van der Waals surface area contributed by atoms with E-state index in [-0.39, 0.29) is 5.91 Å². The lowest BCUT2D eigenvalue weighted by Crippen LogP contribution is -2.32. The molecule has 0 unspecified atom stereocenters. The monoisotopic (exact) mass is 424 g/mol. The van der Waals surface area contributed by atoms with E-state index in [1.807, 2.05) is 25.1 Å². The summed E-state index contributed by atoms with van der Waals surface area (Å²) in [6, 6.07) is 13.5. The molecular weight excluding hydrogens is 388 g/mol. The van der Waals surface area contributed by atoms with E-state index in [1.165, 1.54) is 31.5 Å². The fourth-order valence-corrected chi connectivity index (χ4v) is 3.74. The van der Waals surface area contributed by atoms with Gasteiger partial charge in [0.1, 0.15) is 0 Å². The minimum absolute atomic E-state index is 0.154. The zero-order valence-electron chi connectivity index (χ0n) is 19.2. The molecule has 0 spiro atoms. The average molecular weight is 425 g/mol. The highest BCUT2D eigenvalue weighted by atomic mass is 16.5. The smallest absolute Gasteiger partial charge is 0.255 e. The fraction of sp³-hybridized carbons (Fsp3) is 0.500. The topological polar surface area (TPSA) is 50.8 Å². The molecule has 2 aromatic carbocycles. The fourth-order valence-electron chi connectivity index (χ4n) is 3.74. The zero-order chi connectivity index (χ0) is 22.1. The highest BCUT2D eigenvalue weighted by molar-refractivity contribution is 6.04. The van der Waals surface area contributed by atoms with Crippen molar-refractivity contribution in [3.63, 3.8) is 0 Å². The number of anilines is 1. The molecule has 1 saturated heterocycles. The van der Waals surface area contributed by atoms with E-state index in [0.717, 1.165) is 31.0 Å². The Morgan fingerprint density at radius 2 is 1.77 bits per heavy atom. The maximum atomic E-state index is 12.8. The molecule has 0 radical (unpaired) electrons. The number of piperidine rings is 1. The number of hydrogen-bond donors (Lipinski definition) is 1. The molecule has 1 aliphatic heterocycles. The van der Waals surface area contributed by atoms with Gasteiger partial charge < -0.3 is 14.8 Å². The SMILES string of the molecule is CCCCOc1ccc(C(=O)Nc2ccc(CN3CCC(C)CC3)cc2)cc1OCC. The van der Waals surface area contributed by atoms with Gasteiger partial charge in [0.25, 0.3) is 5.91 Å². The molecular formula is C26H36N2O3. The molecule has 0 saturated carbocycles. The molecule has 0 bridgehead atoms. The third-order valence-electron chi connectivity index (χ3n) is 5.76. The Hall–Kier alpha value is -2.53. The van der Waals surface area contributed by atoms with Crippen LogP contribution in [-0.4, -0.2) is 37.1 Å². The Kier molecular flexibility index (Phi) is 8.77. The van der Waals surface area contributed by atoms with Crippen LogP contribution < -0.4 is 14.8 Å². The number of unbranched alkanes of at least 4 members (excludes halogenated alkanes) is 1. The first-order valence-corrected chi connectivity index (χ1v) is 11.6. The lowest BCUT2D eigenvalue weighted by molar-refractivity contribution is 0.102. The number of hydrogen-bond acceptors (Lipinski definition) is 4. The molecule has 1 fully saturated rings. The van der Waals surface area contributed by atoms with Gasteiger partial charge in [-0.3, -0.25) is 9.69 Å². The number of carbonyl (C=O) groups excluding carboxylic acids is 1. The zero-order valence-corrected chi connectivity index (χ0v) is 19.2. The highest BCUT2D eigenvalue weighted by Gasteiger charge is 2.16. The number of nitrogens with zero attached hydrogens (tertiary/aromatic N) is 1. The number of likely N-dealkylation sites (tertiary alicyclic amines) is 1. The van der Waals surface area contributed by atoms with Gasteiger partial charge in [0, 0.05) is 17.8 Å². The Labute approximate surface area is 186 Å².